The molecule has 0 aliphatic heterocycles. The van der Waals surface area contributed by atoms with Crippen LogP contribution in [0.3, 0.4) is 0 Å². The summed E-state index contributed by atoms with van der Waals surface area (Å²) in [5.41, 5.74) is 7.61. The zero-order valence-corrected chi connectivity index (χ0v) is 12.6. The first-order chi connectivity index (χ1) is 9.06. The third kappa shape index (κ3) is 5.10. The molecule has 1 heterocycles. The summed E-state index contributed by atoms with van der Waals surface area (Å²) in [5, 5.41) is 3.28. The Balaban J connectivity index is 2.54. The van der Waals surface area contributed by atoms with Crippen molar-refractivity contribution >= 4 is 23.0 Å². The van der Waals surface area contributed by atoms with Gasteiger partial charge in [0.2, 0.25) is 0 Å². The number of anilines is 1. The van der Waals surface area contributed by atoms with Gasteiger partial charge in [0.25, 0.3) is 0 Å². The lowest BCUT2D eigenvalue weighted by molar-refractivity contribution is 0.163. The normalized spacial score (nSPS) is 10.7. The molecule has 0 aromatic carbocycles. The fourth-order valence-electron chi connectivity index (χ4n) is 1.73. The maximum atomic E-state index is 5.74. The minimum atomic E-state index is 0.376. The van der Waals surface area contributed by atoms with Crippen LogP contribution >= 0.6 is 12.2 Å². The van der Waals surface area contributed by atoms with Crippen LogP contribution in [0.25, 0.3) is 0 Å². The van der Waals surface area contributed by atoms with Gasteiger partial charge in [-0.3, -0.25) is 0 Å². The van der Waals surface area contributed by atoms with Crippen molar-refractivity contribution < 1.29 is 4.74 Å². The Morgan fingerprint density at radius 3 is 2.89 bits per heavy atom. The molecular formula is C13H22N4OS. The number of rotatable bonds is 8. The quantitative estimate of drug-likeness (QED) is 0.694. The predicted molar refractivity (Wildman–Crippen MR) is 82.7 cm³/mol. The molecule has 0 bridgehead atoms. The maximum Gasteiger partial charge on any atom is 0.136 e. The molecule has 0 aliphatic rings. The van der Waals surface area contributed by atoms with Crippen LogP contribution in [0.1, 0.15) is 11.1 Å². The first-order valence-corrected chi connectivity index (χ1v) is 6.64. The average Bonchev–Trinajstić information content (AvgIpc) is 2.36. The second-order valence-electron chi connectivity index (χ2n) is 4.44. The topological polar surface area (TPSA) is 63.4 Å². The highest BCUT2D eigenvalue weighted by atomic mass is 32.1. The van der Waals surface area contributed by atoms with Gasteiger partial charge in [0.1, 0.15) is 10.8 Å². The van der Waals surface area contributed by atoms with Crippen molar-refractivity contribution in [3.63, 3.8) is 0 Å². The summed E-state index contributed by atoms with van der Waals surface area (Å²) >= 11 is 5.07. The third-order valence-electron chi connectivity index (χ3n) is 2.87. The molecule has 0 radical (unpaired) electrons. The van der Waals surface area contributed by atoms with Crippen molar-refractivity contribution in [2.45, 2.75) is 6.92 Å². The van der Waals surface area contributed by atoms with Crippen molar-refractivity contribution in [2.75, 3.05) is 45.7 Å². The van der Waals surface area contributed by atoms with Gasteiger partial charge in [0.15, 0.2) is 0 Å². The Bertz CT molecular complexity index is 425. The zero-order chi connectivity index (χ0) is 14.3. The van der Waals surface area contributed by atoms with E-state index in [0.29, 0.717) is 4.99 Å². The van der Waals surface area contributed by atoms with E-state index in [4.69, 9.17) is 22.7 Å². The van der Waals surface area contributed by atoms with Gasteiger partial charge in [-0.25, -0.2) is 4.98 Å². The molecular weight excluding hydrogens is 260 g/mol. The second kappa shape index (κ2) is 8.04. The number of nitrogens with two attached hydrogens (primary N) is 1. The van der Waals surface area contributed by atoms with E-state index in [-0.39, 0.29) is 0 Å². The number of aromatic nitrogens is 1. The van der Waals surface area contributed by atoms with E-state index in [1.807, 2.05) is 13.0 Å². The molecule has 0 spiro atoms. The molecule has 19 heavy (non-hydrogen) atoms. The van der Waals surface area contributed by atoms with Crippen molar-refractivity contribution in [1.82, 2.24) is 9.88 Å². The van der Waals surface area contributed by atoms with Crippen LogP contribution in [-0.4, -0.2) is 55.3 Å². The minimum absolute atomic E-state index is 0.376. The summed E-state index contributed by atoms with van der Waals surface area (Å²) in [5.74, 6) is 0.757. The van der Waals surface area contributed by atoms with Gasteiger partial charge >= 0.3 is 0 Å². The van der Waals surface area contributed by atoms with Crippen LogP contribution < -0.4 is 11.1 Å². The summed E-state index contributed by atoms with van der Waals surface area (Å²) in [6, 6.07) is 1.91. The first-order valence-electron chi connectivity index (χ1n) is 6.23. The summed E-state index contributed by atoms with van der Waals surface area (Å²) in [7, 11) is 3.76. The van der Waals surface area contributed by atoms with Crippen LogP contribution in [0.4, 0.5) is 5.82 Å². The Morgan fingerprint density at radius 2 is 2.26 bits per heavy atom. The molecule has 0 fully saturated rings. The van der Waals surface area contributed by atoms with Gasteiger partial charge in [-0.05, 0) is 25.6 Å². The summed E-state index contributed by atoms with van der Waals surface area (Å²) < 4.78 is 5.04. The van der Waals surface area contributed by atoms with E-state index >= 15 is 0 Å². The number of hydrogen-bond donors (Lipinski definition) is 2. The van der Waals surface area contributed by atoms with Crippen molar-refractivity contribution in [1.29, 1.82) is 0 Å². The molecule has 0 saturated carbocycles. The number of methoxy groups -OCH3 is 1. The van der Waals surface area contributed by atoms with Crippen LogP contribution in [0.5, 0.6) is 0 Å². The highest BCUT2D eigenvalue weighted by molar-refractivity contribution is 7.80. The molecule has 0 atom stereocenters. The summed E-state index contributed by atoms with van der Waals surface area (Å²) in [4.78, 5) is 6.86. The Hall–Kier alpha value is -1.24. The number of pyridine rings is 1. The van der Waals surface area contributed by atoms with E-state index in [1.165, 1.54) is 0 Å². The summed E-state index contributed by atoms with van der Waals surface area (Å²) in [6.07, 6.45) is 1.76. The molecule has 0 saturated heterocycles. The molecule has 6 heteroatoms. The Kier molecular flexibility index (Phi) is 6.69. The highest BCUT2D eigenvalue weighted by Gasteiger charge is 2.09. The molecule has 1 rings (SSSR count). The van der Waals surface area contributed by atoms with Crippen molar-refractivity contribution in [3.8, 4) is 0 Å². The molecule has 5 nitrogen and oxygen atoms in total. The lowest BCUT2D eigenvalue weighted by atomic mass is 10.1. The summed E-state index contributed by atoms with van der Waals surface area (Å²) in [6.45, 7) is 5.30. The van der Waals surface area contributed by atoms with Gasteiger partial charge in [-0.2, -0.15) is 0 Å². The van der Waals surface area contributed by atoms with E-state index in [0.717, 1.165) is 43.2 Å². The lowest BCUT2D eigenvalue weighted by Gasteiger charge is -2.17. The Labute approximate surface area is 120 Å². The second-order valence-corrected chi connectivity index (χ2v) is 4.88. The number of thiocarbonyl (C=S) groups is 1. The fourth-order valence-corrected chi connectivity index (χ4v) is 1.99. The number of likely N-dealkylation sites (N-methyl/N-ethyl adjacent to an activating group) is 1. The molecule has 0 aliphatic carbocycles. The number of aryl methyl sites for hydroxylation is 1. The molecule has 1 aromatic rings. The van der Waals surface area contributed by atoms with Gasteiger partial charge in [-0.1, -0.05) is 12.2 Å². The maximum absolute atomic E-state index is 5.74. The fraction of sp³-hybridized carbons (Fsp3) is 0.538. The SMILES string of the molecule is COCCN(C)CCNc1nccc(C)c1C(N)=S. The zero-order valence-electron chi connectivity index (χ0n) is 11.8. The van der Waals surface area contributed by atoms with Crippen LogP contribution in [0.2, 0.25) is 0 Å². The van der Waals surface area contributed by atoms with E-state index in [2.05, 4.69) is 22.2 Å². The van der Waals surface area contributed by atoms with Crippen LogP contribution in [0, 0.1) is 6.92 Å². The van der Waals surface area contributed by atoms with Gasteiger partial charge in [-0.15, -0.1) is 0 Å². The Morgan fingerprint density at radius 1 is 1.53 bits per heavy atom. The van der Waals surface area contributed by atoms with Gasteiger partial charge in [0, 0.05) is 32.9 Å². The van der Waals surface area contributed by atoms with E-state index in [1.54, 1.807) is 13.3 Å². The first kappa shape index (κ1) is 15.8. The van der Waals surface area contributed by atoms with Gasteiger partial charge in [0.05, 0.1) is 12.2 Å². The highest BCUT2D eigenvalue weighted by Crippen LogP contribution is 2.15. The number of hydrogen-bond acceptors (Lipinski definition) is 5. The van der Waals surface area contributed by atoms with Crippen molar-refractivity contribution in [3.05, 3.63) is 23.4 Å². The number of ether oxygens (including phenoxy) is 1. The van der Waals surface area contributed by atoms with Crippen LogP contribution in [-0.2, 0) is 4.74 Å². The lowest BCUT2D eigenvalue weighted by Crippen LogP contribution is -2.29. The molecule has 0 unspecified atom stereocenters. The number of nitrogens with zero attached hydrogens (tertiary/aromatic N) is 2. The largest absolute Gasteiger partial charge is 0.389 e. The van der Waals surface area contributed by atoms with Crippen molar-refractivity contribution in [2.24, 2.45) is 5.73 Å². The van der Waals surface area contributed by atoms with E-state index in [9.17, 15) is 0 Å². The molecule has 106 valence electrons. The average molecular weight is 282 g/mol. The standard InChI is InChI=1S/C13H22N4OS/c1-10-4-5-15-13(11(10)12(14)19)16-6-7-17(2)8-9-18-3/h4-5H,6-9H2,1-3H3,(H2,14,19)(H,15,16). The molecule has 3 N–H and O–H groups in total. The third-order valence-corrected chi connectivity index (χ3v) is 3.07. The molecule has 1 aromatic heterocycles. The van der Waals surface area contributed by atoms with Crippen LogP contribution in [0.15, 0.2) is 12.3 Å². The monoisotopic (exact) mass is 282 g/mol. The number of nitrogens with one attached hydrogen (secondary N) is 1. The smallest absolute Gasteiger partial charge is 0.136 e. The molecule has 0 amide bonds. The van der Waals surface area contributed by atoms with Gasteiger partial charge < -0.3 is 20.7 Å². The predicted octanol–water partition coefficient (Wildman–Crippen LogP) is 1.01. The minimum Gasteiger partial charge on any atom is -0.389 e. The van der Waals surface area contributed by atoms with E-state index < -0.39 is 0 Å².